The summed E-state index contributed by atoms with van der Waals surface area (Å²) < 4.78 is 3.35. The van der Waals surface area contributed by atoms with Gasteiger partial charge in [-0.15, -0.1) is 0 Å². The molecule has 3 atom stereocenters. The maximum Gasteiger partial charge on any atom is 0.0738 e. The van der Waals surface area contributed by atoms with E-state index in [2.05, 4.69) is 58.8 Å². The largest absolute Gasteiger partial charge is 0.316 e. The van der Waals surface area contributed by atoms with Gasteiger partial charge in [0.25, 0.3) is 0 Å². The Hall–Kier alpha value is -0.350. The van der Waals surface area contributed by atoms with Crippen LogP contribution in [0.3, 0.4) is 0 Å². The van der Waals surface area contributed by atoms with Crippen molar-refractivity contribution in [3.63, 3.8) is 0 Å². The molecule has 1 aromatic rings. The Labute approximate surface area is 131 Å². The Morgan fingerprint density at radius 2 is 2.20 bits per heavy atom. The van der Waals surface area contributed by atoms with E-state index >= 15 is 0 Å². The van der Waals surface area contributed by atoms with Crippen molar-refractivity contribution < 1.29 is 0 Å². The van der Waals surface area contributed by atoms with Gasteiger partial charge < -0.3 is 5.32 Å². The number of nitrogens with zero attached hydrogens (tertiary/aromatic N) is 2. The van der Waals surface area contributed by atoms with Crippen LogP contribution in [0, 0.1) is 18.8 Å². The predicted molar refractivity (Wildman–Crippen MR) is 88.0 cm³/mol. The second-order valence-electron chi connectivity index (χ2n) is 6.29. The van der Waals surface area contributed by atoms with E-state index in [1.54, 1.807) is 0 Å². The van der Waals surface area contributed by atoms with Gasteiger partial charge in [-0.05, 0) is 61.5 Å². The molecule has 114 valence electrons. The Kier molecular flexibility index (Phi) is 5.67. The second kappa shape index (κ2) is 7.08. The number of rotatable bonds is 5. The standard InChI is InChI=1S/C16H28BrN3/c1-5-20-15(16(17)12(3)19-20)10-14(18-4)13-8-6-7-11(2)9-13/h11,13-14,18H,5-10H2,1-4H3. The van der Waals surface area contributed by atoms with Gasteiger partial charge in [0.05, 0.1) is 15.9 Å². The molecule has 1 heterocycles. The van der Waals surface area contributed by atoms with Crippen molar-refractivity contribution in [3.8, 4) is 0 Å². The summed E-state index contributed by atoms with van der Waals surface area (Å²) >= 11 is 3.72. The molecule has 1 aromatic heterocycles. The molecule has 4 heteroatoms. The molecule has 0 radical (unpaired) electrons. The lowest BCUT2D eigenvalue weighted by atomic mass is 9.77. The van der Waals surface area contributed by atoms with E-state index in [1.807, 2.05) is 0 Å². The van der Waals surface area contributed by atoms with Crippen LogP contribution in [0.2, 0.25) is 0 Å². The summed E-state index contributed by atoms with van der Waals surface area (Å²) in [5, 5.41) is 8.18. The molecule has 0 spiro atoms. The van der Waals surface area contributed by atoms with Crippen molar-refractivity contribution >= 4 is 15.9 Å². The van der Waals surface area contributed by atoms with E-state index in [1.165, 1.54) is 35.8 Å². The van der Waals surface area contributed by atoms with Gasteiger partial charge in [-0.3, -0.25) is 4.68 Å². The fourth-order valence-corrected chi connectivity index (χ4v) is 4.07. The third-order valence-corrected chi connectivity index (χ3v) is 5.81. The van der Waals surface area contributed by atoms with E-state index in [4.69, 9.17) is 0 Å². The zero-order valence-corrected chi connectivity index (χ0v) is 14.8. The molecule has 1 fully saturated rings. The average molecular weight is 342 g/mol. The van der Waals surface area contributed by atoms with Crippen LogP contribution in [0.5, 0.6) is 0 Å². The lowest BCUT2D eigenvalue weighted by molar-refractivity contribution is 0.225. The van der Waals surface area contributed by atoms with Crippen molar-refractivity contribution in [1.29, 1.82) is 0 Å². The molecule has 3 nitrogen and oxygen atoms in total. The van der Waals surface area contributed by atoms with Gasteiger partial charge in [0.1, 0.15) is 0 Å². The van der Waals surface area contributed by atoms with Crippen LogP contribution in [0.25, 0.3) is 0 Å². The van der Waals surface area contributed by atoms with Crippen LogP contribution in [-0.2, 0) is 13.0 Å². The lowest BCUT2D eigenvalue weighted by Crippen LogP contribution is -2.38. The number of hydrogen-bond acceptors (Lipinski definition) is 2. The van der Waals surface area contributed by atoms with Crippen LogP contribution in [0.15, 0.2) is 4.47 Å². The van der Waals surface area contributed by atoms with Crippen molar-refractivity contribution in [2.75, 3.05) is 7.05 Å². The highest BCUT2D eigenvalue weighted by molar-refractivity contribution is 9.10. The van der Waals surface area contributed by atoms with Gasteiger partial charge in [-0.25, -0.2) is 0 Å². The van der Waals surface area contributed by atoms with Crippen LogP contribution in [0.4, 0.5) is 0 Å². The first kappa shape index (κ1) is 16.0. The van der Waals surface area contributed by atoms with Gasteiger partial charge in [-0.1, -0.05) is 19.8 Å². The molecule has 0 saturated heterocycles. The molecule has 0 aromatic carbocycles. The highest BCUT2D eigenvalue weighted by Gasteiger charge is 2.27. The summed E-state index contributed by atoms with van der Waals surface area (Å²) in [6.07, 6.45) is 6.60. The predicted octanol–water partition coefficient (Wildman–Crippen LogP) is 3.93. The van der Waals surface area contributed by atoms with E-state index in [0.29, 0.717) is 6.04 Å². The first-order chi connectivity index (χ1) is 9.56. The molecular formula is C16H28BrN3. The Morgan fingerprint density at radius 1 is 1.45 bits per heavy atom. The summed E-state index contributed by atoms with van der Waals surface area (Å²) in [7, 11) is 2.11. The number of aromatic nitrogens is 2. The maximum atomic E-state index is 4.62. The van der Waals surface area contributed by atoms with E-state index in [-0.39, 0.29) is 0 Å². The minimum Gasteiger partial charge on any atom is -0.316 e. The van der Waals surface area contributed by atoms with Crippen molar-refractivity contribution in [1.82, 2.24) is 15.1 Å². The smallest absolute Gasteiger partial charge is 0.0738 e. The van der Waals surface area contributed by atoms with E-state index in [0.717, 1.165) is 30.5 Å². The van der Waals surface area contributed by atoms with Gasteiger partial charge in [0, 0.05) is 19.0 Å². The summed E-state index contributed by atoms with van der Waals surface area (Å²) in [5.74, 6) is 1.68. The highest BCUT2D eigenvalue weighted by Crippen LogP contribution is 2.33. The average Bonchev–Trinajstić information content (AvgIpc) is 2.71. The topological polar surface area (TPSA) is 29.9 Å². The second-order valence-corrected chi connectivity index (χ2v) is 7.09. The summed E-state index contributed by atoms with van der Waals surface area (Å²) in [4.78, 5) is 0. The van der Waals surface area contributed by atoms with Crippen molar-refractivity contribution in [3.05, 3.63) is 15.9 Å². The SMILES string of the molecule is CCn1nc(C)c(Br)c1CC(NC)C1CCCC(C)C1. The lowest BCUT2D eigenvalue weighted by Gasteiger charge is -2.33. The Morgan fingerprint density at radius 3 is 2.80 bits per heavy atom. The van der Waals surface area contributed by atoms with E-state index < -0.39 is 0 Å². The summed E-state index contributed by atoms with van der Waals surface area (Å²) in [6.45, 7) is 7.59. The van der Waals surface area contributed by atoms with Crippen LogP contribution in [-0.4, -0.2) is 22.9 Å². The zero-order chi connectivity index (χ0) is 14.7. The molecule has 1 aliphatic rings. The van der Waals surface area contributed by atoms with Crippen molar-refractivity contribution in [2.45, 2.75) is 65.5 Å². The monoisotopic (exact) mass is 341 g/mol. The normalized spacial score (nSPS) is 24.9. The molecule has 1 aliphatic carbocycles. The molecule has 20 heavy (non-hydrogen) atoms. The van der Waals surface area contributed by atoms with Gasteiger partial charge in [-0.2, -0.15) is 5.10 Å². The molecule has 0 bridgehead atoms. The highest BCUT2D eigenvalue weighted by atomic mass is 79.9. The van der Waals surface area contributed by atoms with Crippen LogP contribution in [0.1, 0.15) is 50.9 Å². The summed E-state index contributed by atoms with van der Waals surface area (Å²) in [6, 6.07) is 0.565. The first-order valence-electron chi connectivity index (χ1n) is 7.95. The van der Waals surface area contributed by atoms with Crippen molar-refractivity contribution in [2.24, 2.45) is 11.8 Å². The molecule has 1 N–H and O–H groups in total. The fourth-order valence-electron chi connectivity index (χ4n) is 3.62. The summed E-state index contributed by atoms with van der Waals surface area (Å²) in [5.41, 5.74) is 2.45. The Balaban J connectivity index is 2.13. The minimum atomic E-state index is 0.565. The fraction of sp³-hybridized carbons (Fsp3) is 0.812. The molecule has 0 aliphatic heterocycles. The van der Waals surface area contributed by atoms with Gasteiger partial charge in [0.2, 0.25) is 0 Å². The van der Waals surface area contributed by atoms with E-state index in [9.17, 15) is 0 Å². The number of hydrogen-bond donors (Lipinski definition) is 1. The number of nitrogens with one attached hydrogen (secondary N) is 1. The van der Waals surface area contributed by atoms with Crippen LogP contribution < -0.4 is 5.32 Å². The molecule has 1 saturated carbocycles. The Bertz CT molecular complexity index is 441. The maximum absolute atomic E-state index is 4.62. The molecular weight excluding hydrogens is 314 g/mol. The molecule has 3 unspecified atom stereocenters. The molecule has 0 amide bonds. The number of halogens is 1. The third kappa shape index (κ3) is 3.45. The molecule has 2 rings (SSSR count). The quantitative estimate of drug-likeness (QED) is 0.879. The van der Waals surface area contributed by atoms with Gasteiger partial charge >= 0.3 is 0 Å². The minimum absolute atomic E-state index is 0.565. The number of aryl methyl sites for hydroxylation is 2. The zero-order valence-electron chi connectivity index (χ0n) is 13.2. The third-order valence-electron chi connectivity index (χ3n) is 4.78. The van der Waals surface area contributed by atoms with Crippen LogP contribution >= 0.6 is 15.9 Å². The number of likely N-dealkylation sites (N-methyl/N-ethyl adjacent to an activating group) is 1. The first-order valence-corrected chi connectivity index (χ1v) is 8.75. The van der Waals surface area contributed by atoms with Gasteiger partial charge in [0.15, 0.2) is 0 Å².